The van der Waals surface area contributed by atoms with Crippen LogP contribution >= 0.6 is 0 Å². The summed E-state index contributed by atoms with van der Waals surface area (Å²) in [6.45, 7) is 7.06. The highest BCUT2D eigenvalue weighted by Gasteiger charge is 2.19. The van der Waals surface area contributed by atoms with Crippen molar-refractivity contribution in [3.63, 3.8) is 0 Å². The van der Waals surface area contributed by atoms with Crippen LogP contribution in [0.25, 0.3) is 11.3 Å². The Morgan fingerprint density at radius 1 is 1.03 bits per heavy atom. The second-order valence-corrected chi connectivity index (χ2v) is 7.72. The molecule has 2 aromatic carbocycles. The number of aromatic nitrogens is 1. The maximum absolute atomic E-state index is 14.0. The zero-order valence-corrected chi connectivity index (χ0v) is 17.1. The van der Waals surface area contributed by atoms with Gasteiger partial charge in [-0.3, -0.25) is 10.1 Å². The van der Waals surface area contributed by atoms with Crippen molar-refractivity contribution in [2.45, 2.75) is 33.3 Å². The Balaban J connectivity index is 1.71. The molecule has 0 saturated carbocycles. The molecule has 1 heterocycles. The number of hydrogen-bond acceptors (Lipinski definition) is 5. The summed E-state index contributed by atoms with van der Waals surface area (Å²) < 4.78 is 24.3. The number of halogens is 1. The molecule has 0 fully saturated rings. The first-order valence-corrected chi connectivity index (χ1v) is 9.25. The topological polar surface area (TPSA) is 93.5 Å². The molecule has 2 N–H and O–H groups in total. The van der Waals surface area contributed by atoms with Crippen molar-refractivity contribution in [2.24, 2.45) is 0 Å². The van der Waals surface area contributed by atoms with Gasteiger partial charge in [-0.1, -0.05) is 35.0 Å². The van der Waals surface area contributed by atoms with E-state index in [1.807, 2.05) is 31.2 Å². The fraction of sp³-hybridized carbons (Fsp3) is 0.227. The Kier molecular flexibility index (Phi) is 5.86. The molecule has 7 nitrogen and oxygen atoms in total. The normalized spacial score (nSPS) is 11.1. The highest BCUT2D eigenvalue weighted by Crippen LogP contribution is 2.23. The third kappa shape index (κ3) is 5.44. The van der Waals surface area contributed by atoms with Crippen molar-refractivity contribution in [3.8, 4) is 11.3 Å². The zero-order chi connectivity index (χ0) is 21.9. The number of carbonyl (C=O) groups is 2. The Bertz CT molecular complexity index is 1070. The van der Waals surface area contributed by atoms with E-state index in [2.05, 4.69) is 15.8 Å². The number of ether oxygens (including phenoxy) is 1. The lowest BCUT2D eigenvalue weighted by atomic mass is 10.1. The van der Waals surface area contributed by atoms with Crippen molar-refractivity contribution in [2.75, 3.05) is 10.6 Å². The van der Waals surface area contributed by atoms with E-state index in [1.54, 1.807) is 20.8 Å². The second-order valence-electron chi connectivity index (χ2n) is 7.72. The molecule has 156 valence electrons. The van der Waals surface area contributed by atoms with Gasteiger partial charge in [0.2, 0.25) is 5.76 Å². The van der Waals surface area contributed by atoms with Gasteiger partial charge in [-0.05, 0) is 45.9 Å². The van der Waals surface area contributed by atoms with Crippen molar-refractivity contribution >= 4 is 23.4 Å². The molecule has 1 aromatic heterocycles. The first kappa shape index (κ1) is 21.0. The minimum atomic E-state index is -0.803. The molecule has 0 aliphatic heterocycles. The molecule has 8 heteroatoms. The summed E-state index contributed by atoms with van der Waals surface area (Å²) in [4.78, 5) is 24.4. The predicted molar refractivity (Wildman–Crippen MR) is 111 cm³/mol. The number of anilines is 2. The predicted octanol–water partition coefficient (Wildman–Crippen LogP) is 5.39. The minimum absolute atomic E-state index is 0.00319. The number of hydrogen-bond donors (Lipinski definition) is 2. The van der Waals surface area contributed by atoms with Crippen LogP contribution in [0.3, 0.4) is 0 Å². The minimum Gasteiger partial charge on any atom is -0.444 e. The summed E-state index contributed by atoms with van der Waals surface area (Å²) >= 11 is 0. The maximum atomic E-state index is 14.0. The summed E-state index contributed by atoms with van der Waals surface area (Å²) in [6.07, 6.45) is -0.803. The van der Waals surface area contributed by atoms with Crippen LogP contribution in [0, 0.1) is 12.7 Å². The average Bonchev–Trinajstić information content (AvgIpc) is 3.14. The first-order chi connectivity index (χ1) is 14.1. The molecule has 30 heavy (non-hydrogen) atoms. The van der Waals surface area contributed by atoms with Gasteiger partial charge in [-0.25, -0.2) is 9.18 Å². The summed E-state index contributed by atoms with van der Waals surface area (Å²) in [6, 6.07) is 12.9. The summed E-state index contributed by atoms with van der Waals surface area (Å²) in [5.41, 5.74) is 1.85. The highest BCUT2D eigenvalue weighted by molar-refractivity contribution is 6.03. The molecule has 0 spiro atoms. The van der Waals surface area contributed by atoms with Crippen LogP contribution in [0.15, 0.2) is 53.1 Å². The van der Waals surface area contributed by atoms with Gasteiger partial charge < -0.3 is 14.6 Å². The molecule has 2 amide bonds. The Hall–Kier alpha value is -3.68. The van der Waals surface area contributed by atoms with Gasteiger partial charge >= 0.3 is 6.09 Å². The zero-order valence-electron chi connectivity index (χ0n) is 17.1. The Morgan fingerprint density at radius 3 is 2.40 bits per heavy atom. The summed E-state index contributed by atoms with van der Waals surface area (Å²) in [5.74, 6) is -1.23. The molecule has 0 aliphatic rings. The number of nitrogens with zero attached hydrogens (tertiary/aromatic N) is 1. The largest absolute Gasteiger partial charge is 0.444 e. The molecular formula is C22H22FN3O4. The van der Waals surface area contributed by atoms with Crippen LogP contribution in [-0.2, 0) is 4.74 Å². The third-order valence-electron chi connectivity index (χ3n) is 3.94. The molecule has 0 atom stereocenters. The van der Waals surface area contributed by atoms with E-state index in [-0.39, 0.29) is 17.1 Å². The van der Waals surface area contributed by atoms with E-state index in [9.17, 15) is 14.0 Å². The van der Waals surface area contributed by atoms with Crippen LogP contribution < -0.4 is 10.6 Å². The quantitative estimate of drug-likeness (QED) is 0.600. The van der Waals surface area contributed by atoms with E-state index in [1.165, 1.54) is 18.2 Å². The lowest BCUT2D eigenvalue weighted by Gasteiger charge is -2.20. The van der Waals surface area contributed by atoms with Crippen LogP contribution in [0.5, 0.6) is 0 Å². The second kappa shape index (κ2) is 8.36. The van der Waals surface area contributed by atoms with Gasteiger partial charge in [-0.15, -0.1) is 0 Å². The molecule has 0 bridgehead atoms. The van der Waals surface area contributed by atoms with Gasteiger partial charge in [-0.2, -0.15) is 0 Å². The van der Waals surface area contributed by atoms with Crippen molar-refractivity contribution in [1.29, 1.82) is 0 Å². The van der Waals surface area contributed by atoms with Crippen LogP contribution in [0.2, 0.25) is 0 Å². The van der Waals surface area contributed by atoms with E-state index in [4.69, 9.17) is 9.26 Å². The Morgan fingerprint density at radius 2 is 1.73 bits per heavy atom. The molecule has 0 aliphatic carbocycles. The number of benzene rings is 2. The van der Waals surface area contributed by atoms with E-state index >= 15 is 0 Å². The monoisotopic (exact) mass is 411 g/mol. The van der Waals surface area contributed by atoms with Gasteiger partial charge in [0, 0.05) is 17.3 Å². The number of rotatable bonds is 4. The van der Waals surface area contributed by atoms with Gasteiger partial charge in [0.05, 0.1) is 5.69 Å². The first-order valence-electron chi connectivity index (χ1n) is 9.25. The number of nitrogens with one attached hydrogen (secondary N) is 2. The molecule has 0 saturated heterocycles. The Labute approximate surface area is 173 Å². The van der Waals surface area contributed by atoms with E-state index in [0.717, 1.165) is 17.2 Å². The molecule has 3 rings (SSSR count). The van der Waals surface area contributed by atoms with Crippen LogP contribution in [-0.4, -0.2) is 22.8 Å². The summed E-state index contributed by atoms with van der Waals surface area (Å²) in [5, 5.41) is 8.83. The van der Waals surface area contributed by atoms with Gasteiger partial charge in [0.15, 0.2) is 0 Å². The number of amides is 2. The maximum Gasteiger partial charge on any atom is 0.412 e. The molecule has 0 unspecified atom stereocenters. The van der Waals surface area contributed by atoms with E-state index < -0.39 is 23.4 Å². The van der Waals surface area contributed by atoms with Crippen molar-refractivity contribution in [3.05, 3.63) is 65.7 Å². The summed E-state index contributed by atoms with van der Waals surface area (Å²) in [7, 11) is 0. The van der Waals surface area contributed by atoms with Crippen molar-refractivity contribution < 1.29 is 23.2 Å². The smallest absolute Gasteiger partial charge is 0.412 e. The van der Waals surface area contributed by atoms with Crippen molar-refractivity contribution in [1.82, 2.24) is 5.16 Å². The lowest BCUT2D eigenvalue weighted by Crippen LogP contribution is -2.27. The fourth-order valence-corrected chi connectivity index (χ4v) is 2.55. The van der Waals surface area contributed by atoms with Gasteiger partial charge in [0.25, 0.3) is 5.91 Å². The molecule has 3 aromatic rings. The molecule has 0 radical (unpaired) electrons. The van der Waals surface area contributed by atoms with Crippen LogP contribution in [0.4, 0.5) is 20.6 Å². The third-order valence-corrected chi connectivity index (χ3v) is 3.94. The number of carbonyl (C=O) groups excluding carboxylic acids is 2. The van der Waals surface area contributed by atoms with Crippen LogP contribution in [0.1, 0.15) is 36.9 Å². The number of aryl methyl sites for hydroxylation is 1. The van der Waals surface area contributed by atoms with E-state index in [0.29, 0.717) is 5.69 Å². The SMILES string of the molecule is Cc1ccc(-c2cc(C(=O)Nc3ccc(F)c(NC(=O)OC(C)(C)C)c3)on2)cc1. The van der Waals surface area contributed by atoms with Gasteiger partial charge in [0.1, 0.15) is 17.1 Å². The fourth-order valence-electron chi connectivity index (χ4n) is 2.55. The lowest BCUT2D eigenvalue weighted by molar-refractivity contribution is 0.0635. The standard InChI is InChI=1S/C22H22FN3O4/c1-13-5-7-14(8-6-13)17-12-19(30-26-17)20(27)24-15-9-10-16(23)18(11-15)25-21(28)29-22(2,3)4/h5-12H,1-4H3,(H,24,27)(H,25,28). The highest BCUT2D eigenvalue weighted by atomic mass is 19.1. The molecular weight excluding hydrogens is 389 g/mol. The average molecular weight is 411 g/mol.